The van der Waals surface area contributed by atoms with Crippen LogP contribution in [0.3, 0.4) is 0 Å². The van der Waals surface area contributed by atoms with E-state index in [-0.39, 0.29) is 6.03 Å². The highest BCUT2D eigenvalue weighted by atomic mass is 16.5. The van der Waals surface area contributed by atoms with Crippen LogP contribution in [0.25, 0.3) is 0 Å². The molecule has 0 spiro atoms. The molecule has 0 bridgehead atoms. The molecule has 1 aromatic heterocycles. The number of carbonyl (C=O) groups excluding carboxylic acids is 1. The van der Waals surface area contributed by atoms with Crippen molar-refractivity contribution in [1.82, 2.24) is 9.47 Å². The fraction of sp³-hybridized carbons (Fsp3) is 0.500. The van der Waals surface area contributed by atoms with Crippen LogP contribution in [0.2, 0.25) is 0 Å². The summed E-state index contributed by atoms with van der Waals surface area (Å²) in [5.41, 5.74) is 1.10. The summed E-state index contributed by atoms with van der Waals surface area (Å²) in [5, 5.41) is 0. The molecule has 2 rings (SSSR count). The summed E-state index contributed by atoms with van der Waals surface area (Å²) in [6.45, 7) is 4.65. The second-order valence-corrected chi connectivity index (χ2v) is 3.48. The Balaban J connectivity index is 2.07. The van der Waals surface area contributed by atoms with Crippen molar-refractivity contribution in [3.8, 4) is 0 Å². The summed E-state index contributed by atoms with van der Waals surface area (Å²) in [6.07, 6.45) is 3.64. The number of aryl methyl sites for hydroxylation is 1. The van der Waals surface area contributed by atoms with Crippen molar-refractivity contribution >= 4 is 6.03 Å². The average Bonchev–Trinajstić information content (AvgIpc) is 2.65. The molecule has 1 fully saturated rings. The zero-order valence-corrected chi connectivity index (χ0v) is 8.27. The van der Waals surface area contributed by atoms with Gasteiger partial charge in [-0.25, -0.2) is 4.79 Å². The van der Waals surface area contributed by atoms with Crippen LogP contribution in [0.5, 0.6) is 0 Å². The molecule has 4 heteroatoms. The van der Waals surface area contributed by atoms with Gasteiger partial charge in [0.05, 0.1) is 13.2 Å². The van der Waals surface area contributed by atoms with Crippen molar-refractivity contribution < 1.29 is 9.53 Å². The minimum Gasteiger partial charge on any atom is -0.378 e. The van der Waals surface area contributed by atoms with Gasteiger partial charge in [0.1, 0.15) is 0 Å². The molecule has 0 unspecified atom stereocenters. The number of hydrogen-bond acceptors (Lipinski definition) is 2. The number of aromatic nitrogens is 1. The maximum Gasteiger partial charge on any atom is 0.328 e. The summed E-state index contributed by atoms with van der Waals surface area (Å²) < 4.78 is 6.81. The zero-order chi connectivity index (χ0) is 9.97. The summed E-state index contributed by atoms with van der Waals surface area (Å²) in [5.74, 6) is 0. The van der Waals surface area contributed by atoms with E-state index in [2.05, 4.69) is 0 Å². The summed E-state index contributed by atoms with van der Waals surface area (Å²) in [4.78, 5) is 13.7. The molecule has 76 valence electrons. The van der Waals surface area contributed by atoms with E-state index < -0.39 is 0 Å². The molecule has 0 atom stereocenters. The molecule has 1 aromatic rings. The number of rotatable bonds is 0. The lowest BCUT2D eigenvalue weighted by Crippen LogP contribution is -2.42. The molecular weight excluding hydrogens is 180 g/mol. The quantitative estimate of drug-likeness (QED) is 0.619. The summed E-state index contributed by atoms with van der Waals surface area (Å²) in [7, 11) is 0. The number of nitrogens with zero attached hydrogens (tertiary/aromatic N) is 2. The number of carbonyl (C=O) groups is 1. The standard InChI is InChI=1S/C10H14N2O2/c1-9-2-3-12(8-9)10(13)11-4-6-14-7-5-11/h2-3,8H,4-7H2,1H3. The van der Waals surface area contributed by atoms with Crippen LogP contribution in [0.4, 0.5) is 4.79 Å². The van der Waals surface area contributed by atoms with Crippen LogP contribution in [-0.2, 0) is 4.74 Å². The van der Waals surface area contributed by atoms with Gasteiger partial charge in [-0.1, -0.05) is 0 Å². The van der Waals surface area contributed by atoms with E-state index in [9.17, 15) is 4.79 Å². The highest BCUT2D eigenvalue weighted by Crippen LogP contribution is 2.04. The van der Waals surface area contributed by atoms with Gasteiger partial charge in [0.2, 0.25) is 0 Å². The summed E-state index contributed by atoms with van der Waals surface area (Å²) in [6, 6.07) is 1.97. The monoisotopic (exact) mass is 194 g/mol. The van der Waals surface area contributed by atoms with Gasteiger partial charge in [-0.15, -0.1) is 0 Å². The van der Waals surface area contributed by atoms with Crippen LogP contribution in [0.15, 0.2) is 18.5 Å². The Labute approximate surface area is 83.1 Å². The van der Waals surface area contributed by atoms with Gasteiger partial charge in [0.15, 0.2) is 0 Å². The topological polar surface area (TPSA) is 34.5 Å². The minimum atomic E-state index is 0.0430. The predicted molar refractivity (Wildman–Crippen MR) is 52.4 cm³/mol. The van der Waals surface area contributed by atoms with E-state index in [1.165, 1.54) is 0 Å². The highest BCUT2D eigenvalue weighted by Gasteiger charge is 2.17. The Morgan fingerprint density at radius 3 is 2.71 bits per heavy atom. The van der Waals surface area contributed by atoms with Gasteiger partial charge >= 0.3 is 6.03 Å². The molecule has 14 heavy (non-hydrogen) atoms. The lowest BCUT2D eigenvalue weighted by atomic mass is 10.4. The Morgan fingerprint density at radius 1 is 1.43 bits per heavy atom. The molecule has 0 saturated carbocycles. The predicted octanol–water partition coefficient (Wildman–Crippen LogP) is 1.10. The number of morpholine rings is 1. The molecule has 0 radical (unpaired) electrons. The van der Waals surface area contributed by atoms with Gasteiger partial charge in [-0.2, -0.15) is 0 Å². The molecule has 0 N–H and O–H groups in total. The Kier molecular flexibility index (Phi) is 2.54. The van der Waals surface area contributed by atoms with Crippen molar-refractivity contribution in [2.24, 2.45) is 0 Å². The largest absolute Gasteiger partial charge is 0.378 e. The minimum absolute atomic E-state index is 0.0430. The maximum absolute atomic E-state index is 11.8. The number of hydrogen-bond donors (Lipinski definition) is 0. The van der Waals surface area contributed by atoms with Crippen molar-refractivity contribution in [2.75, 3.05) is 26.3 Å². The average molecular weight is 194 g/mol. The van der Waals surface area contributed by atoms with Crippen LogP contribution in [0.1, 0.15) is 5.56 Å². The van der Waals surface area contributed by atoms with Gasteiger partial charge < -0.3 is 9.64 Å². The fourth-order valence-corrected chi connectivity index (χ4v) is 1.54. The number of amides is 1. The molecule has 1 amide bonds. The maximum atomic E-state index is 11.8. The van der Waals surface area contributed by atoms with Crippen molar-refractivity contribution in [3.63, 3.8) is 0 Å². The smallest absolute Gasteiger partial charge is 0.328 e. The highest BCUT2D eigenvalue weighted by molar-refractivity contribution is 5.77. The van der Waals surface area contributed by atoms with Crippen LogP contribution < -0.4 is 0 Å². The van der Waals surface area contributed by atoms with E-state index in [4.69, 9.17) is 4.74 Å². The SMILES string of the molecule is Cc1ccn(C(=O)N2CCOCC2)c1. The van der Waals surface area contributed by atoms with Crippen LogP contribution in [0, 0.1) is 6.92 Å². The summed E-state index contributed by atoms with van der Waals surface area (Å²) >= 11 is 0. The third-order valence-corrected chi connectivity index (χ3v) is 2.34. The van der Waals surface area contributed by atoms with E-state index in [1.54, 1.807) is 10.8 Å². The Hall–Kier alpha value is -1.29. The van der Waals surface area contributed by atoms with Gasteiger partial charge in [-0.05, 0) is 18.6 Å². The normalized spacial score (nSPS) is 17.1. The first-order valence-electron chi connectivity index (χ1n) is 4.79. The lowest BCUT2D eigenvalue weighted by Gasteiger charge is -2.26. The first-order chi connectivity index (χ1) is 6.77. The van der Waals surface area contributed by atoms with Gasteiger partial charge in [0, 0.05) is 25.5 Å². The van der Waals surface area contributed by atoms with Crippen molar-refractivity contribution in [1.29, 1.82) is 0 Å². The van der Waals surface area contributed by atoms with E-state index in [0.717, 1.165) is 5.56 Å². The van der Waals surface area contributed by atoms with E-state index in [0.29, 0.717) is 26.3 Å². The van der Waals surface area contributed by atoms with Gasteiger partial charge in [-0.3, -0.25) is 4.57 Å². The Morgan fingerprint density at radius 2 is 2.14 bits per heavy atom. The molecule has 2 heterocycles. The van der Waals surface area contributed by atoms with E-state index in [1.807, 2.05) is 24.1 Å². The van der Waals surface area contributed by atoms with Crippen molar-refractivity contribution in [2.45, 2.75) is 6.92 Å². The number of ether oxygens (including phenoxy) is 1. The third-order valence-electron chi connectivity index (χ3n) is 2.34. The molecule has 0 aliphatic carbocycles. The zero-order valence-electron chi connectivity index (χ0n) is 8.27. The third kappa shape index (κ3) is 1.80. The first kappa shape index (κ1) is 9.27. The van der Waals surface area contributed by atoms with Gasteiger partial charge in [0.25, 0.3) is 0 Å². The Bertz CT molecular complexity index is 327. The fourth-order valence-electron chi connectivity index (χ4n) is 1.54. The van der Waals surface area contributed by atoms with E-state index >= 15 is 0 Å². The molecule has 1 aliphatic rings. The molecule has 0 aromatic carbocycles. The van der Waals surface area contributed by atoms with Crippen molar-refractivity contribution in [3.05, 3.63) is 24.0 Å². The van der Waals surface area contributed by atoms with Crippen LogP contribution in [-0.4, -0.2) is 41.8 Å². The second-order valence-electron chi connectivity index (χ2n) is 3.48. The van der Waals surface area contributed by atoms with Crippen LogP contribution >= 0.6 is 0 Å². The molecule has 1 aliphatic heterocycles. The lowest BCUT2D eigenvalue weighted by molar-refractivity contribution is 0.0535. The first-order valence-corrected chi connectivity index (χ1v) is 4.79. The molecule has 4 nitrogen and oxygen atoms in total. The molecular formula is C10H14N2O2. The second kappa shape index (κ2) is 3.84. The molecule has 1 saturated heterocycles.